The van der Waals surface area contributed by atoms with E-state index in [1.54, 1.807) is 12.1 Å². The van der Waals surface area contributed by atoms with E-state index in [4.69, 9.17) is 34.4 Å². The first-order valence-electron chi connectivity index (χ1n) is 16.7. The van der Waals surface area contributed by atoms with Gasteiger partial charge in [-0.1, -0.05) is 42.5 Å². The minimum atomic E-state index is -0.869. The number of carbonyl (C=O) groups excluding carboxylic acids is 6. The Morgan fingerprint density at radius 3 is 1.75 bits per heavy atom. The van der Waals surface area contributed by atoms with Crippen LogP contribution < -0.4 is 55.7 Å². The smallest absolute Gasteiger partial charge is 0.239 e. The Hall–Kier alpha value is -6.08. The van der Waals surface area contributed by atoms with Gasteiger partial charge in [0.25, 0.3) is 0 Å². The highest BCUT2D eigenvalue weighted by Gasteiger charge is 2.18. The summed E-state index contributed by atoms with van der Waals surface area (Å²) in [4.78, 5) is 77.4. The van der Waals surface area contributed by atoms with Crippen molar-refractivity contribution in [1.82, 2.24) is 21.3 Å². The van der Waals surface area contributed by atoms with E-state index in [0.29, 0.717) is 57.8 Å². The van der Waals surface area contributed by atoms with Gasteiger partial charge >= 0.3 is 0 Å². The summed E-state index contributed by atoms with van der Waals surface area (Å²) in [7, 11) is 0. The third-order valence-electron chi connectivity index (χ3n) is 7.17. The van der Waals surface area contributed by atoms with Crippen LogP contribution in [0.5, 0.6) is 5.75 Å². The molecule has 0 unspecified atom stereocenters. The lowest BCUT2D eigenvalue weighted by atomic mass is 10.1. The van der Waals surface area contributed by atoms with Crippen LogP contribution in [0, 0.1) is 0 Å². The van der Waals surface area contributed by atoms with E-state index in [2.05, 4.69) is 31.3 Å². The molecule has 4 atom stereocenters. The van der Waals surface area contributed by atoms with Crippen molar-refractivity contribution in [3.8, 4) is 5.75 Å². The van der Waals surface area contributed by atoms with Crippen molar-refractivity contribution < 1.29 is 33.9 Å². The van der Waals surface area contributed by atoms with E-state index in [1.165, 1.54) is 12.1 Å². The number of rotatable bonds is 22. The SMILES string of the molecule is NC(N)=NCCC[C@@H](C=O)NC(=O)[C@@H](N)CCCN=C(N)N.N[C@@H](Cc1ccc(O)cc1)C(=O)NCC(=O)NCC(=O)N[C@H](C=O)Cc1ccccc1. The van der Waals surface area contributed by atoms with Gasteiger partial charge in [0, 0.05) is 13.1 Å². The number of aliphatic imine (C=N–C) groups is 2. The van der Waals surface area contributed by atoms with Crippen LogP contribution in [-0.2, 0) is 41.6 Å². The first-order valence-corrected chi connectivity index (χ1v) is 16.7. The molecule has 0 bridgehead atoms. The number of nitrogens with two attached hydrogens (primary N) is 6. The number of nitrogens with one attached hydrogen (secondary N) is 4. The van der Waals surface area contributed by atoms with Gasteiger partial charge in [0.2, 0.25) is 23.6 Å². The topological polar surface area (TPSA) is 352 Å². The number of carbonyl (C=O) groups is 6. The number of amides is 4. The molecule has 0 saturated carbocycles. The number of phenols is 1. The Morgan fingerprint density at radius 2 is 1.19 bits per heavy atom. The Labute approximate surface area is 307 Å². The normalized spacial score (nSPS) is 12.5. The van der Waals surface area contributed by atoms with E-state index in [9.17, 15) is 33.9 Å². The Balaban J connectivity index is 0.000000565. The fourth-order valence-electron chi connectivity index (χ4n) is 4.41. The van der Waals surface area contributed by atoms with Gasteiger partial charge in [-0.15, -0.1) is 0 Å². The van der Waals surface area contributed by atoms with E-state index < -0.39 is 41.9 Å². The van der Waals surface area contributed by atoms with Gasteiger partial charge in [-0.2, -0.15) is 0 Å². The van der Waals surface area contributed by atoms with E-state index in [0.717, 1.165) is 11.1 Å². The first-order chi connectivity index (χ1) is 25.2. The summed E-state index contributed by atoms with van der Waals surface area (Å²) < 4.78 is 0. The van der Waals surface area contributed by atoms with Crippen LogP contribution in [0.25, 0.3) is 0 Å². The number of hydrogen-bond acceptors (Lipinski definition) is 11. The zero-order chi connectivity index (χ0) is 39.6. The lowest BCUT2D eigenvalue weighted by Gasteiger charge is -2.16. The molecule has 17 N–H and O–H groups in total. The third-order valence-corrected chi connectivity index (χ3v) is 7.17. The summed E-state index contributed by atoms with van der Waals surface area (Å²) in [5.74, 6) is -1.88. The molecule has 290 valence electrons. The molecule has 0 fully saturated rings. The monoisotopic (exact) mass is 740 g/mol. The Kier molecular flexibility index (Phi) is 21.9. The van der Waals surface area contributed by atoms with Gasteiger partial charge < -0.3 is 70.4 Å². The highest BCUT2D eigenvalue weighted by atomic mass is 16.3. The molecular weight excluding hydrogens is 688 g/mol. The highest BCUT2D eigenvalue weighted by molar-refractivity contribution is 5.90. The van der Waals surface area contributed by atoms with Crippen molar-refractivity contribution in [2.45, 2.75) is 62.7 Å². The number of aldehydes is 2. The van der Waals surface area contributed by atoms with Crippen LogP contribution in [0.2, 0.25) is 0 Å². The van der Waals surface area contributed by atoms with Gasteiger partial charge in [0.05, 0.1) is 37.3 Å². The number of benzene rings is 2. The van der Waals surface area contributed by atoms with Crippen LogP contribution in [0.15, 0.2) is 64.6 Å². The lowest BCUT2D eigenvalue weighted by molar-refractivity contribution is -0.128. The largest absolute Gasteiger partial charge is 0.508 e. The zero-order valence-electron chi connectivity index (χ0n) is 29.5. The lowest BCUT2D eigenvalue weighted by Crippen LogP contribution is -2.48. The van der Waals surface area contributed by atoms with Gasteiger partial charge in [0.1, 0.15) is 18.3 Å². The quantitative estimate of drug-likeness (QED) is 0.0242. The van der Waals surface area contributed by atoms with E-state index in [1.807, 2.05) is 30.3 Å². The van der Waals surface area contributed by atoms with Crippen molar-refractivity contribution in [1.29, 1.82) is 0 Å². The minimum absolute atomic E-state index is 0.000169. The maximum absolute atomic E-state index is 12.0. The zero-order valence-corrected chi connectivity index (χ0v) is 29.5. The van der Waals surface area contributed by atoms with Crippen LogP contribution in [0.1, 0.15) is 36.8 Å². The summed E-state index contributed by atoms with van der Waals surface area (Å²) in [6, 6.07) is 12.6. The van der Waals surface area contributed by atoms with Gasteiger partial charge in [-0.3, -0.25) is 29.2 Å². The van der Waals surface area contributed by atoms with Crippen molar-refractivity contribution in [3.05, 3.63) is 65.7 Å². The predicted octanol–water partition coefficient (Wildman–Crippen LogP) is -3.47. The number of phenolic OH excluding ortho intramolecular Hbond substituents is 1. The number of guanidine groups is 2. The molecule has 2 rings (SSSR count). The maximum Gasteiger partial charge on any atom is 0.239 e. The highest BCUT2D eigenvalue weighted by Crippen LogP contribution is 2.11. The summed E-state index contributed by atoms with van der Waals surface area (Å²) in [5, 5.41) is 19.2. The molecule has 19 nitrogen and oxygen atoms in total. The average molecular weight is 741 g/mol. The number of nitrogens with zero attached hydrogens (tertiary/aromatic N) is 2. The molecule has 0 heterocycles. The predicted molar refractivity (Wildman–Crippen MR) is 200 cm³/mol. The molecule has 2 aromatic rings. The van der Waals surface area contributed by atoms with Crippen molar-refractivity contribution in [2.75, 3.05) is 26.2 Å². The molecule has 19 heteroatoms. The summed E-state index contributed by atoms with van der Waals surface area (Å²) in [6.07, 6.45) is 3.89. The van der Waals surface area contributed by atoms with Crippen LogP contribution in [-0.4, -0.2) is 104 Å². The molecule has 4 amide bonds. The second-order valence-corrected chi connectivity index (χ2v) is 11.7. The molecular formula is C34H52N12O7. The fraction of sp³-hybridized carbons (Fsp3) is 0.412. The van der Waals surface area contributed by atoms with E-state index >= 15 is 0 Å². The molecule has 0 aliphatic rings. The van der Waals surface area contributed by atoms with Crippen molar-refractivity contribution in [3.63, 3.8) is 0 Å². The second kappa shape index (κ2) is 25.8. The minimum Gasteiger partial charge on any atom is -0.508 e. The van der Waals surface area contributed by atoms with Gasteiger partial charge in [0.15, 0.2) is 11.9 Å². The number of hydrogen-bond donors (Lipinski definition) is 11. The van der Waals surface area contributed by atoms with Crippen molar-refractivity contribution in [2.24, 2.45) is 44.4 Å². The second-order valence-electron chi connectivity index (χ2n) is 11.7. The molecule has 53 heavy (non-hydrogen) atoms. The first kappa shape index (κ1) is 44.9. The molecule has 0 saturated heterocycles. The van der Waals surface area contributed by atoms with Crippen LogP contribution in [0.4, 0.5) is 0 Å². The Morgan fingerprint density at radius 1 is 0.642 bits per heavy atom. The van der Waals surface area contributed by atoms with Crippen molar-refractivity contribution >= 4 is 48.1 Å². The summed E-state index contributed by atoms with van der Waals surface area (Å²) in [5.41, 5.74) is 34.0. The van der Waals surface area contributed by atoms with E-state index in [-0.39, 0.29) is 43.1 Å². The van der Waals surface area contributed by atoms with Gasteiger partial charge in [-0.05, 0) is 61.8 Å². The Bertz CT molecular complexity index is 1500. The molecule has 0 aromatic heterocycles. The fourth-order valence-corrected chi connectivity index (χ4v) is 4.41. The standard InChI is InChI=1S/C22H26N4O5.C12H26N8O2/c23-19(11-16-6-8-18(28)9-7-16)22(31)25-12-20(29)24-13-21(30)26-17(14-27)10-15-4-2-1-3-5-15;13-9(4-2-6-19-12(16)17)10(22)20-8(7-21)3-1-5-18-11(14)15/h1-9,14,17,19,28H,10-13,23H2,(H,24,29)(H,25,31)(H,26,30);7-9H,1-6,13H2,(H,20,22)(H4,14,15,18)(H4,16,17,19)/t17-,19-;8-,9-/m00/s1. The molecule has 2 aromatic carbocycles. The molecule has 0 spiro atoms. The maximum atomic E-state index is 12.0. The molecule has 0 aliphatic carbocycles. The summed E-state index contributed by atoms with van der Waals surface area (Å²) >= 11 is 0. The molecule has 0 aliphatic heterocycles. The van der Waals surface area contributed by atoms with Gasteiger partial charge in [-0.25, -0.2) is 0 Å². The number of aromatic hydroxyl groups is 1. The molecule has 0 radical (unpaired) electrons. The third kappa shape index (κ3) is 21.7. The van der Waals surface area contributed by atoms with Crippen LogP contribution in [0.3, 0.4) is 0 Å². The summed E-state index contributed by atoms with van der Waals surface area (Å²) in [6.45, 7) is 0.135. The average Bonchev–Trinajstić information content (AvgIpc) is 3.13. The van der Waals surface area contributed by atoms with Crippen LogP contribution >= 0.6 is 0 Å².